The molecule has 4 rings (SSSR count). The summed E-state index contributed by atoms with van der Waals surface area (Å²) < 4.78 is 11.5. The van der Waals surface area contributed by atoms with Crippen molar-refractivity contribution in [3.8, 4) is 22.8 Å². The van der Waals surface area contributed by atoms with Crippen LogP contribution in [0.1, 0.15) is 18.2 Å². The number of amidine groups is 1. The molecule has 8 heteroatoms. The second kappa shape index (κ2) is 7.16. The molecule has 0 saturated heterocycles. The van der Waals surface area contributed by atoms with Crippen molar-refractivity contribution in [2.24, 2.45) is 10.7 Å². The number of anilines is 2. The molecular weight excluding hydrogens is 356 g/mol. The van der Waals surface area contributed by atoms with E-state index in [1.54, 1.807) is 6.07 Å². The van der Waals surface area contributed by atoms with Crippen LogP contribution < -0.4 is 21.9 Å². The van der Waals surface area contributed by atoms with Gasteiger partial charge >= 0.3 is 0 Å². The highest BCUT2D eigenvalue weighted by molar-refractivity contribution is 6.07. The number of fused-ring (bicyclic) bond motifs is 2. The van der Waals surface area contributed by atoms with Crippen LogP contribution in [0, 0.1) is 0 Å². The van der Waals surface area contributed by atoms with Crippen molar-refractivity contribution in [2.75, 3.05) is 18.1 Å². The molecule has 0 radical (unpaired) electrons. The molecule has 0 saturated carbocycles. The van der Waals surface area contributed by atoms with Crippen LogP contribution >= 0.6 is 0 Å². The molecule has 1 aromatic heterocycles. The van der Waals surface area contributed by atoms with Gasteiger partial charge < -0.3 is 26.7 Å². The lowest BCUT2D eigenvalue weighted by Gasteiger charge is -2.13. The van der Waals surface area contributed by atoms with E-state index in [0.29, 0.717) is 58.9 Å². The standard InChI is InChI=1S/C20H20N6O2/c1-2-27-10-12-9-15(26-20(23)24-12)11-7-13(21)18-17(8-11)28-16-6-4-3-5-14(16)25-19(18)22/h3-9H,2,10,21H2,1H3,(H2,22,25)(H2,23,24,26). The van der Waals surface area contributed by atoms with Crippen LogP contribution in [0.5, 0.6) is 11.5 Å². The number of aliphatic imine (C=N–C) groups is 1. The molecule has 142 valence electrons. The molecule has 6 N–H and O–H groups in total. The van der Waals surface area contributed by atoms with Gasteiger partial charge in [-0.25, -0.2) is 15.0 Å². The van der Waals surface area contributed by atoms with Crippen molar-refractivity contribution in [3.63, 3.8) is 0 Å². The van der Waals surface area contributed by atoms with E-state index >= 15 is 0 Å². The Morgan fingerprint density at radius 3 is 2.64 bits per heavy atom. The van der Waals surface area contributed by atoms with Gasteiger partial charge in [-0.15, -0.1) is 0 Å². The molecule has 0 fully saturated rings. The quantitative estimate of drug-likeness (QED) is 0.596. The lowest BCUT2D eigenvalue weighted by Crippen LogP contribution is -2.15. The first-order valence-corrected chi connectivity index (χ1v) is 8.81. The van der Waals surface area contributed by atoms with E-state index in [1.165, 1.54) is 0 Å². The molecule has 0 amide bonds. The van der Waals surface area contributed by atoms with Crippen molar-refractivity contribution in [1.29, 1.82) is 0 Å². The first kappa shape index (κ1) is 17.7. The Bertz CT molecular complexity index is 1080. The summed E-state index contributed by atoms with van der Waals surface area (Å²) in [6.45, 7) is 2.84. The van der Waals surface area contributed by atoms with E-state index in [4.69, 9.17) is 26.7 Å². The zero-order valence-corrected chi connectivity index (χ0v) is 15.3. The van der Waals surface area contributed by atoms with Crippen molar-refractivity contribution in [1.82, 2.24) is 9.97 Å². The Morgan fingerprint density at radius 1 is 1.00 bits per heavy atom. The number of hydrogen-bond donors (Lipinski definition) is 3. The third kappa shape index (κ3) is 3.33. The topological polar surface area (TPSA) is 135 Å². The number of nitrogens with two attached hydrogens (primary N) is 3. The molecule has 1 aliphatic rings. The van der Waals surface area contributed by atoms with Crippen LogP contribution in [0.4, 0.5) is 17.3 Å². The Hall–Kier alpha value is -3.65. The molecule has 1 aliphatic heterocycles. The summed E-state index contributed by atoms with van der Waals surface area (Å²) in [6, 6.07) is 12.8. The average Bonchev–Trinajstić information content (AvgIpc) is 2.81. The van der Waals surface area contributed by atoms with E-state index in [2.05, 4.69) is 15.0 Å². The Kier molecular flexibility index (Phi) is 4.54. The largest absolute Gasteiger partial charge is 0.454 e. The van der Waals surface area contributed by atoms with Gasteiger partial charge in [0.25, 0.3) is 0 Å². The van der Waals surface area contributed by atoms with Gasteiger partial charge in [0.05, 0.1) is 23.6 Å². The van der Waals surface area contributed by atoms with Crippen molar-refractivity contribution >= 4 is 23.2 Å². The van der Waals surface area contributed by atoms with Gasteiger partial charge in [0, 0.05) is 17.9 Å². The molecule has 0 unspecified atom stereocenters. The monoisotopic (exact) mass is 376 g/mol. The summed E-state index contributed by atoms with van der Waals surface area (Å²) in [5.74, 6) is 1.56. The summed E-state index contributed by atoms with van der Waals surface area (Å²) in [6.07, 6.45) is 0. The molecule has 3 aromatic rings. The number of hydrogen-bond acceptors (Lipinski definition) is 8. The number of rotatable bonds is 4. The molecule has 0 aliphatic carbocycles. The first-order chi connectivity index (χ1) is 13.5. The maximum atomic E-state index is 6.29. The van der Waals surface area contributed by atoms with Crippen LogP contribution in [0.25, 0.3) is 11.3 Å². The molecule has 0 bridgehead atoms. The highest BCUT2D eigenvalue weighted by atomic mass is 16.5. The second-order valence-corrected chi connectivity index (χ2v) is 6.25. The minimum absolute atomic E-state index is 0.160. The molecule has 0 atom stereocenters. The molecule has 0 spiro atoms. The third-order valence-electron chi connectivity index (χ3n) is 4.26. The summed E-state index contributed by atoms with van der Waals surface area (Å²) in [5.41, 5.74) is 22.0. The van der Waals surface area contributed by atoms with E-state index in [9.17, 15) is 0 Å². The Morgan fingerprint density at radius 2 is 1.82 bits per heavy atom. The molecule has 2 aromatic carbocycles. The fraction of sp³-hybridized carbons (Fsp3) is 0.150. The van der Waals surface area contributed by atoms with Crippen LogP contribution in [0.3, 0.4) is 0 Å². The van der Waals surface area contributed by atoms with Gasteiger partial charge in [0.15, 0.2) is 5.75 Å². The third-order valence-corrected chi connectivity index (χ3v) is 4.26. The van der Waals surface area contributed by atoms with E-state index < -0.39 is 0 Å². The number of benzene rings is 2. The summed E-state index contributed by atoms with van der Waals surface area (Å²) in [4.78, 5) is 13.0. The summed E-state index contributed by atoms with van der Waals surface area (Å²) >= 11 is 0. The van der Waals surface area contributed by atoms with Gasteiger partial charge in [-0.2, -0.15) is 0 Å². The number of ether oxygens (including phenoxy) is 2. The SMILES string of the molecule is CCOCc1cc(-c2cc(N)c3c(c2)Oc2ccccc2N=C3N)nc(N)n1. The van der Waals surface area contributed by atoms with Crippen LogP contribution in [-0.4, -0.2) is 22.4 Å². The van der Waals surface area contributed by atoms with Crippen molar-refractivity contribution in [3.05, 3.63) is 53.7 Å². The van der Waals surface area contributed by atoms with E-state index in [-0.39, 0.29) is 5.95 Å². The number of nitrogens with zero attached hydrogens (tertiary/aromatic N) is 3. The first-order valence-electron chi connectivity index (χ1n) is 8.81. The molecule has 8 nitrogen and oxygen atoms in total. The predicted octanol–water partition coefficient (Wildman–Crippen LogP) is 2.99. The fourth-order valence-corrected chi connectivity index (χ4v) is 3.03. The Balaban J connectivity index is 1.82. The minimum Gasteiger partial charge on any atom is -0.454 e. The lowest BCUT2D eigenvalue weighted by molar-refractivity contribution is 0.131. The van der Waals surface area contributed by atoms with Gasteiger partial charge in [0.2, 0.25) is 5.95 Å². The van der Waals surface area contributed by atoms with E-state index in [0.717, 1.165) is 5.56 Å². The van der Waals surface area contributed by atoms with Crippen molar-refractivity contribution < 1.29 is 9.47 Å². The lowest BCUT2D eigenvalue weighted by atomic mass is 10.0. The summed E-state index contributed by atoms with van der Waals surface area (Å²) in [7, 11) is 0. The highest BCUT2D eigenvalue weighted by Gasteiger charge is 2.21. The van der Waals surface area contributed by atoms with E-state index in [1.807, 2.05) is 43.3 Å². The highest BCUT2D eigenvalue weighted by Crippen LogP contribution is 2.40. The van der Waals surface area contributed by atoms with Crippen LogP contribution in [-0.2, 0) is 11.3 Å². The zero-order chi connectivity index (χ0) is 19.7. The van der Waals surface area contributed by atoms with Crippen LogP contribution in [0.15, 0.2) is 47.5 Å². The van der Waals surface area contributed by atoms with Gasteiger partial charge in [0.1, 0.15) is 17.3 Å². The minimum atomic E-state index is 0.160. The second-order valence-electron chi connectivity index (χ2n) is 6.25. The van der Waals surface area contributed by atoms with Crippen molar-refractivity contribution in [2.45, 2.75) is 13.5 Å². The maximum absolute atomic E-state index is 6.29. The fourth-order valence-electron chi connectivity index (χ4n) is 3.03. The normalized spacial score (nSPS) is 12.4. The molecular formula is C20H20N6O2. The van der Waals surface area contributed by atoms with Gasteiger partial charge in [-0.05, 0) is 37.3 Å². The van der Waals surface area contributed by atoms with Gasteiger partial charge in [-0.1, -0.05) is 12.1 Å². The Labute approximate surface area is 162 Å². The summed E-state index contributed by atoms with van der Waals surface area (Å²) in [5, 5.41) is 0. The smallest absolute Gasteiger partial charge is 0.220 e. The zero-order valence-electron chi connectivity index (χ0n) is 15.3. The number of aromatic nitrogens is 2. The predicted molar refractivity (Wildman–Crippen MR) is 109 cm³/mol. The molecule has 2 heterocycles. The van der Waals surface area contributed by atoms with Gasteiger partial charge in [-0.3, -0.25) is 0 Å². The average molecular weight is 376 g/mol. The number of para-hydroxylation sites is 2. The molecule has 28 heavy (non-hydrogen) atoms. The van der Waals surface area contributed by atoms with Crippen LogP contribution in [0.2, 0.25) is 0 Å². The number of nitrogen functional groups attached to an aromatic ring is 2. The maximum Gasteiger partial charge on any atom is 0.220 e.